The highest BCUT2D eigenvalue weighted by atomic mass is 19.4. The molecule has 22 heavy (non-hydrogen) atoms. The monoisotopic (exact) mass is 323 g/mol. The van der Waals surface area contributed by atoms with E-state index in [4.69, 9.17) is 0 Å². The number of hydrogen-bond acceptors (Lipinski definition) is 1. The summed E-state index contributed by atoms with van der Waals surface area (Å²) in [5.74, 6) is -2.68. The number of halogens is 5. The zero-order valence-corrected chi connectivity index (χ0v) is 12.2. The first-order valence-electron chi connectivity index (χ1n) is 7.01. The quantitative estimate of drug-likeness (QED) is 0.692. The molecule has 0 saturated heterocycles. The zero-order valence-electron chi connectivity index (χ0n) is 12.2. The molecule has 0 radical (unpaired) electrons. The van der Waals surface area contributed by atoms with Crippen molar-refractivity contribution in [2.24, 2.45) is 0 Å². The first-order chi connectivity index (χ1) is 10.2. The van der Waals surface area contributed by atoms with Crippen molar-refractivity contribution in [1.29, 1.82) is 0 Å². The van der Waals surface area contributed by atoms with E-state index in [0.29, 0.717) is 18.4 Å². The van der Waals surface area contributed by atoms with Gasteiger partial charge in [0.2, 0.25) is 5.91 Å². The molecule has 0 aliphatic heterocycles. The molecule has 0 bridgehead atoms. The fourth-order valence-corrected chi connectivity index (χ4v) is 1.96. The third-order valence-electron chi connectivity index (χ3n) is 3.12. The Kier molecular flexibility index (Phi) is 6.77. The number of amides is 1. The first kappa shape index (κ1) is 18.4. The number of aryl methyl sites for hydroxylation is 1. The van der Waals surface area contributed by atoms with E-state index in [-0.39, 0.29) is 19.4 Å². The Labute approximate surface area is 125 Å². The second-order valence-corrected chi connectivity index (χ2v) is 5.03. The number of carbonyl (C=O) groups is 1. The van der Waals surface area contributed by atoms with Crippen LogP contribution in [0.15, 0.2) is 18.2 Å². The highest BCUT2D eigenvalue weighted by Gasteiger charge is 2.32. The van der Waals surface area contributed by atoms with Crippen LogP contribution in [-0.2, 0) is 11.2 Å². The molecule has 0 spiro atoms. The van der Waals surface area contributed by atoms with E-state index in [1.54, 1.807) is 0 Å². The fourth-order valence-electron chi connectivity index (χ4n) is 1.96. The Balaban J connectivity index is 2.63. The number of unbranched alkanes of at least 4 members (excludes halogenated alkanes) is 1. The van der Waals surface area contributed by atoms with Crippen molar-refractivity contribution < 1.29 is 26.7 Å². The molecule has 1 aromatic rings. The minimum atomic E-state index is -4.45. The summed E-state index contributed by atoms with van der Waals surface area (Å²) in [6.45, 7) is 0.563. The van der Waals surface area contributed by atoms with Crippen LogP contribution >= 0.6 is 0 Å². The molecule has 0 N–H and O–H groups in total. The van der Waals surface area contributed by atoms with Gasteiger partial charge < -0.3 is 4.90 Å². The lowest BCUT2D eigenvalue weighted by Gasteiger charge is -2.24. The lowest BCUT2D eigenvalue weighted by molar-refractivity contribution is -0.161. The van der Waals surface area contributed by atoms with Gasteiger partial charge in [0.05, 0.1) is 0 Å². The molecule has 0 fully saturated rings. The molecular weight excluding hydrogens is 305 g/mol. The van der Waals surface area contributed by atoms with E-state index >= 15 is 0 Å². The Morgan fingerprint density at radius 2 is 1.86 bits per heavy atom. The molecular formula is C15H18F5NO. The predicted octanol–water partition coefficient (Wildman–Crippen LogP) is 4.09. The van der Waals surface area contributed by atoms with Crippen LogP contribution in [0.2, 0.25) is 0 Å². The highest BCUT2D eigenvalue weighted by Crippen LogP contribution is 2.18. The van der Waals surface area contributed by atoms with Crippen LogP contribution in [-0.4, -0.2) is 30.1 Å². The van der Waals surface area contributed by atoms with Gasteiger partial charge >= 0.3 is 6.18 Å². The van der Waals surface area contributed by atoms with Gasteiger partial charge in [-0.2, -0.15) is 13.2 Å². The summed E-state index contributed by atoms with van der Waals surface area (Å²) in [4.78, 5) is 12.7. The average molecular weight is 323 g/mol. The van der Waals surface area contributed by atoms with E-state index < -0.39 is 30.3 Å². The van der Waals surface area contributed by atoms with Crippen molar-refractivity contribution in [1.82, 2.24) is 4.90 Å². The molecule has 0 heterocycles. The van der Waals surface area contributed by atoms with Crippen LogP contribution in [0.3, 0.4) is 0 Å². The lowest BCUT2D eigenvalue weighted by atomic mass is 10.1. The largest absolute Gasteiger partial charge is 0.406 e. The fraction of sp³-hybridized carbons (Fsp3) is 0.533. The maximum atomic E-state index is 13.0. The molecule has 0 saturated carbocycles. The van der Waals surface area contributed by atoms with Crippen LogP contribution < -0.4 is 0 Å². The molecule has 0 aliphatic carbocycles. The smallest absolute Gasteiger partial charge is 0.334 e. The molecule has 2 nitrogen and oxygen atoms in total. The van der Waals surface area contributed by atoms with Crippen molar-refractivity contribution >= 4 is 5.91 Å². The summed E-state index contributed by atoms with van der Waals surface area (Å²) in [6, 6.07) is 3.19. The van der Waals surface area contributed by atoms with Gasteiger partial charge in [-0.3, -0.25) is 4.79 Å². The summed E-state index contributed by atoms with van der Waals surface area (Å²) in [5.41, 5.74) is 0.370. The number of alkyl halides is 3. The summed E-state index contributed by atoms with van der Waals surface area (Å²) < 4.78 is 63.2. The van der Waals surface area contributed by atoms with Crippen molar-refractivity contribution in [3.05, 3.63) is 35.4 Å². The Morgan fingerprint density at radius 3 is 2.41 bits per heavy atom. The van der Waals surface area contributed by atoms with Crippen LogP contribution in [0.5, 0.6) is 0 Å². The normalized spacial score (nSPS) is 11.5. The van der Waals surface area contributed by atoms with E-state index in [1.165, 1.54) is 6.07 Å². The second kappa shape index (κ2) is 8.10. The minimum Gasteiger partial charge on any atom is -0.334 e. The first-order valence-corrected chi connectivity index (χ1v) is 7.01. The van der Waals surface area contributed by atoms with Crippen molar-refractivity contribution in [2.75, 3.05) is 13.1 Å². The number of carbonyl (C=O) groups excluding carboxylic acids is 1. The van der Waals surface area contributed by atoms with Crippen molar-refractivity contribution in [3.8, 4) is 0 Å². The van der Waals surface area contributed by atoms with Crippen molar-refractivity contribution in [3.63, 3.8) is 0 Å². The SMILES string of the molecule is CCCCN(CC(F)(F)F)C(=O)CCc1ccc(F)c(F)c1. The maximum Gasteiger partial charge on any atom is 0.406 e. The molecule has 1 amide bonds. The number of rotatable bonds is 7. The number of hydrogen-bond donors (Lipinski definition) is 0. The van der Waals surface area contributed by atoms with Gasteiger partial charge in [0.25, 0.3) is 0 Å². The molecule has 124 valence electrons. The van der Waals surface area contributed by atoms with Gasteiger partial charge in [0.15, 0.2) is 11.6 Å². The van der Waals surface area contributed by atoms with E-state index in [2.05, 4.69) is 0 Å². The summed E-state index contributed by atoms with van der Waals surface area (Å²) >= 11 is 0. The Morgan fingerprint density at radius 1 is 1.18 bits per heavy atom. The third-order valence-corrected chi connectivity index (χ3v) is 3.12. The molecule has 0 atom stereocenters. The molecule has 0 aliphatic rings. The Bertz CT molecular complexity index is 501. The molecule has 0 aromatic heterocycles. The van der Waals surface area contributed by atoms with E-state index in [1.807, 2.05) is 6.92 Å². The van der Waals surface area contributed by atoms with Gasteiger partial charge in [0, 0.05) is 13.0 Å². The summed E-state index contributed by atoms with van der Waals surface area (Å²) in [7, 11) is 0. The third kappa shape index (κ3) is 6.41. The number of benzene rings is 1. The average Bonchev–Trinajstić information content (AvgIpc) is 2.43. The van der Waals surface area contributed by atoms with Crippen molar-refractivity contribution in [2.45, 2.75) is 38.8 Å². The molecule has 0 unspecified atom stereocenters. The number of nitrogens with zero attached hydrogens (tertiary/aromatic N) is 1. The van der Waals surface area contributed by atoms with E-state index in [9.17, 15) is 26.7 Å². The summed E-state index contributed by atoms with van der Waals surface area (Å²) in [5, 5.41) is 0. The second-order valence-electron chi connectivity index (χ2n) is 5.03. The predicted molar refractivity (Wildman–Crippen MR) is 72.2 cm³/mol. The van der Waals surface area contributed by atoms with Crippen LogP contribution in [0.25, 0.3) is 0 Å². The Hall–Kier alpha value is -1.66. The summed E-state index contributed by atoms with van der Waals surface area (Å²) in [6.07, 6.45) is -3.41. The van der Waals surface area contributed by atoms with Gasteiger partial charge in [-0.15, -0.1) is 0 Å². The van der Waals surface area contributed by atoms with Crippen LogP contribution in [0.4, 0.5) is 22.0 Å². The molecule has 1 rings (SSSR count). The van der Waals surface area contributed by atoms with Gasteiger partial charge in [-0.1, -0.05) is 19.4 Å². The topological polar surface area (TPSA) is 20.3 Å². The van der Waals surface area contributed by atoms with Gasteiger partial charge in [-0.05, 0) is 30.5 Å². The van der Waals surface area contributed by atoms with Crippen LogP contribution in [0, 0.1) is 11.6 Å². The maximum absolute atomic E-state index is 13.0. The van der Waals surface area contributed by atoms with Gasteiger partial charge in [0.1, 0.15) is 6.54 Å². The van der Waals surface area contributed by atoms with Crippen LogP contribution in [0.1, 0.15) is 31.7 Å². The lowest BCUT2D eigenvalue weighted by Crippen LogP contribution is -2.39. The van der Waals surface area contributed by atoms with E-state index in [0.717, 1.165) is 17.0 Å². The highest BCUT2D eigenvalue weighted by molar-refractivity contribution is 5.76. The zero-order chi connectivity index (χ0) is 16.8. The van der Waals surface area contributed by atoms with Gasteiger partial charge in [-0.25, -0.2) is 8.78 Å². The molecule has 7 heteroatoms. The minimum absolute atomic E-state index is 0.0343. The standard InChI is InChI=1S/C15H18F5NO/c1-2-3-8-21(10-15(18,19)20)14(22)7-5-11-4-6-12(16)13(17)9-11/h4,6,9H,2-3,5,7-8,10H2,1H3. The molecule has 1 aromatic carbocycles.